The number of nitrogens with two attached hydrogens (primary N) is 1. The van der Waals surface area contributed by atoms with Crippen LogP contribution in [0.25, 0.3) is 0 Å². The first kappa shape index (κ1) is 17.7. The minimum absolute atomic E-state index is 0.143. The molecule has 2 rings (SSSR count). The zero-order valence-corrected chi connectivity index (χ0v) is 14.0. The van der Waals surface area contributed by atoms with Crippen LogP contribution in [0.4, 0.5) is 0 Å². The molecule has 2 N–H and O–H groups in total. The minimum atomic E-state index is -3.33. The molecule has 8 heteroatoms. The predicted molar refractivity (Wildman–Crippen MR) is 87.5 cm³/mol. The maximum atomic E-state index is 11.7. The summed E-state index contributed by atoms with van der Waals surface area (Å²) >= 11 is 0. The highest BCUT2D eigenvalue weighted by Crippen LogP contribution is 2.13. The number of ether oxygens (including phenoxy) is 1. The minimum Gasteiger partial charge on any atom is -0.492 e. The third-order valence-electron chi connectivity index (χ3n) is 3.86. The van der Waals surface area contributed by atoms with Crippen LogP contribution in [0.5, 0.6) is 5.75 Å². The maximum absolute atomic E-state index is 11.7. The van der Waals surface area contributed by atoms with Gasteiger partial charge in [-0.1, -0.05) is 18.2 Å². The molecule has 1 aromatic carbocycles. The van der Waals surface area contributed by atoms with Gasteiger partial charge in [-0.3, -0.25) is 9.69 Å². The average Bonchev–Trinajstić information content (AvgIpc) is 2.71. The van der Waals surface area contributed by atoms with E-state index in [4.69, 9.17) is 10.5 Å². The fourth-order valence-corrected chi connectivity index (χ4v) is 3.41. The Morgan fingerprint density at radius 1 is 1.26 bits per heavy atom. The first-order valence-corrected chi connectivity index (χ1v) is 9.36. The molecular weight excluding hydrogens is 318 g/mol. The molecule has 1 aromatic rings. The van der Waals surface area contributed by atoms with Gasteiger partial charge in [0.05, 0.1) is 12.2 Å². The number of primary amides is 1. The molecule has 7 nitrogen and oxygen atoms in total. The zero-order valence-electron chi connectivity index (χ0n) is 13.2. The van der Waals surface area contributed by atoms with E-state index in [0.29, 0.717) is 32.8 Å². The largest absolute Gasteiger partial charge is 0.492 e. The van der Waals surface area contributed by atoms with Crippen molar-refractivity contribution < 1.29 is 17.9 Å². The van der Waals surface area contributed by atoms with E-state index in [1.165, 1.54) is 4.31 Å². The molecule has 0 aromatic heterocycles. The summed E-state index contributed by atoms with van der Waals surface area (Å²) < 4.78 is 30.5. The number of para-hydroxylation sites is 1. The lowest BCUT2D eigenvalue weighted by Gasteiger charge is -2.22. The summed E-state index contributed by atoms with van der Waals surface area (Å²) in [6.45, 7) is 2.57. The van der Waals surface area contributed by atoms with Crippen molar-refractivity contribution in [3.8, 4) is 5.75 Å². The van der Waals surface area contributed by atoms with Gasteiger partial charge in [0.25, 0.3) is 0 Å². The third kappa shape index (κ3) is 5.49. The van der Waals surface area contributed by atoms with Crippen LogP contribution in [0.15, 0.2) is 30.3 Å². The van der Waals surface area contributed by atoms with Gasteiger partial charge >= 0.3 is 0 Å². The lowest BCUT2D eigenvalue weighted by molar-refractivity contribution is -0.122. The second-order valence-electron chi connectivity index (χ2n) is 5.68. The first-order chi connectivity index (χ1) is 10.9. The predicted octanol–water partition coefficient (Wildman–Crippen LogP) is -0.256. The van der Waals surface area contributed by atoms with Crippen molar-refractivity contribution in [1.29, 1.82) is 0 Å². The Morgan fingerprint density at radius 2 is 1.96 bits per heavy atom. The fraction of sp³-hybridized carbons (Fsp3) is 0.533. The van der Waals surface area contributed by atoms with E-state index in [1.54, 1.807) is 0 Å². The highest BCUT2D eigenvalue weighted by atomic mass is 32.2. The van der Waals surface area contributed by atoms with Gasteiger partial charge in [0.1, 0.15) is 12.4 Å². The Balaban J connectivity index is 1.92. The van der Waals surface area contributed by atoms with Gasteiger partial charge in [-0.15, -0.1) is 0 Å². The molecule has 1 aliphatic heterocycles. The number of nitrogens with zero attached hydrogens (tertiary/aromatic N) is 2. The number of carbonyl (C=O) groups is 1. The highest BCUT2D eigenvalue weighted by molar-refractivity contribution is 7.88. The summed E-state index contributed by atoms with van der Waals surface area (Å²) in [5.74, 6) is -0.204. The van der Waals surface area contributed by atoms with Crippen molar-refractivity contribution in [3.63, 3.8) is 0 Å². The van der Waals surface area contributed by atoms with Crippen LogP contribution < -0.4 is 10.5 Å². The van der Waals surface area contributed by atoms with Crippen molar-refractivity contribution in [2.24, 2.45) is 11.7 Å². The van der Waals surface area contributed by atoms with Gasteiger partial charge in [-0.05, 0) is 12.1 Å². The molecule has 1 atom stereocenters. The van der Waals surface area contributed by atoms with E-state index in [-0.39, 0.29) is 6.54 Å². The van der Waals surface area contributed by atoms with E-state index in [0.717, 1.165) is 12.0 Å². The lowest BCUT2D eigenvalue weighted by atomic mass is 10.1. The quantitative estimate of drug-likeness (QED) is 0.770. The fourth-order valence-electron chi connectivity index (χ4n) is 2.54. The van der Waals surface area contributed by atoms with Crippen LogP contribution in [-0.2, 0) is 14.8 Å². The van der Waals surface area contributed by atoms with Crippen LogP contribution in [0.2, 0.25) is 0 Å². The van der Waals surface area contributed by atoms with Gasteiger partial charge < -0.3 is 10.5 Å². The molecule has 0 bridgehead atoms. The van der Waals surface area contributed by atoms with Crippen molar-refractivity contribution >= 4 is 15.9 Å². The summed E-state index contributed by atoms with van der Waals surface area (Å²) in [6.07, 6.45) is 1.15. The van der Waals surface area contributed by atoms with E-state index in [9.17, 15) is 13.2 Å². The SMILES string of the molecule is CS(=O)(=O)N1CCN(CCOc2ccccc2)C[C@@H](C(N)=O)C1. The molecule has 1 amide bonds. The normalized spacial score (nSPS) is 20.8. The Bertz CT molecular complexity index is 621. The maximum Gasteiger partial charge on any atom is 0.223 e. The third-order valence-corrected chi connectivity index (χ3v) is 5.13. The Labute approximate surface area is 137 Å². The van der Waals surface area contributed by atoms with Crippen molar-refractivity contribution in [2.45, 2.75) is 0 Å². The summed E-state index contributed by atoms with van der Waals surface area (Å²) in [5.41, 5.74) is 5.41. The molecule has 1 heterocycles. The standard InChI is InChI=1S/C15H23N3O4S/c1-23(20,21)18-8-7-17(11-13(12-18)15(16)19)9-10-22-14-5-3-2-4-6-14/h2-6,13H,7-12H2,1H3,(H2,16,19)/t13-/m1/s1. The van der Waals surface area contributed by atoms with Gasteiger partial charge in [0.15, 0.2) is 0 Å². The number of sulfonamides is 1. The topological polar surface area (TPSA) is 92.9 Å². The molecule has 0 unspecified atom stereocenters. The van der Waals surface area contributed by atoms with Crippen molar-refractivity contribution in [3.05, 3.63) is 30.3 Å². The Hall–Kier alpha value is -1.64. The summed E-state index contributed by atoms with van der Waals surface area (Å²) in [5, 5.41) is 0. The number of hydrogen-bond acceptors (Lipinski definition) is 5. The van der Waals surface area contributed by atoms with Crippen LogP contribution >= 0.6 is 0 Å². The molecule has 23 heavy (non-hydrogen) atoms. The molecule has 128 valence electrons. The monoisotopic (exact) mass is 341 g/mol. The average molecular weight is 341 g/mol. The Morgan fingerprint density at radius 3 is 2.57 bits per heavy atom. The summed E-state index contributed by atoms with van der Waals surface area (Å²) in [7, 11) is -3.33. The van der Waals surface area contributed by atoms with Gasteiger partial charge in [-0.25, -0.2) is 12.7 Å². The van der Waals surface area contributed by atoms with E-state index in [2.05, 4.69) is 0 Å². The lowest BCUT2D eigenvalue weighted by Crippen LogP contribution is -2.40. The number of hydrogen-bond donors (Lipinski definition) is 1. The molecule has 1 aliphatic rings. The summed E-state index contributed by atoms with van der Waals surface area (Å²) in [6, 6.07) is 9.46. The smallest absolute Gasteiger partial charge is 0.223 e. The van der Waals surface area contributed by atoms with Gasteiger partial charge in [0, 0.05) is 32.7 Å². The Kier molecular flexibility index (Phi) is 5.97. The van der Waals surface area contributed by atoms with E-state index in [1.807, 2.05) is 35.2 Å². The van der Waals surface area contributed by atoms with Crippen LogP contribution in [-0.4, -0.2) is 69.1 Å². The highest BCUT2D eigenvalue weighted by Gasteiger charge is 2.30. The number of rotatable bonds is 6. The molecule has 0 aliphatic carbocycles. The second-order valence-corrected chi connectivity index (χ2v) is 7.66. The molecular formula is C15H23N3O4S. The van der Waals surface area contributed by atoms with Crippen molar-refractivity contribution in [2.75, 3.05) is 45.6 Å². The number of amides is 1. The van der Waals surface area contributed by atoms with Crippen LogP contribution in [0.1, 0.15) is 0 Å². The van der Waals surface area contributed by atoms with Gasteiger partial charge in [-0.2, -0.15) is 0 Å². The van der Waals surface area contributed by atoms with E-state index >= 15 is 0 Å². The summed E-state index contributed by atoms with van der Waals surface area (Å²) in [4.78, 5) is 13.6. The molecule has 0 saturated carbocycles. The second kappa shape index (κ2) is 7.76. The number of benzene rings is 1. The molecule has 1 fully saturated rings. The zero-order chi connectivity index (χ0) is 16.9. The molecule has 0 spiro atoms. The van der Waals surface area contributed by atoms with Gasteiger partial charge in [0.2, 0.25) is 15.9 Å². The molecule has 1 saturated heterocycles. The van der Waals surface area contributed by atoms with Crippen molar-refractivity contribution in [1.82, 2.24) is 9.21 Å². The van der Waals surface area contributed by atoms with Crippen LogP contribution in [0.3, 0.4) is 0 Å². The molecule has 0 radical (unpaired) electrons. The first-order valence-electron chi connectivity index (χ1n) is 7.51. The van der Waals surface area contributed by atoms with Crippen LogP contribution in [0, 0.1) is 5.92 Å². The number of carbonyl (C=O) groups excluding carboxylic acids is 1. The van der Waals surface area contributed by atoms with E-state index < -0.39 is 21.8 Å².